The number of phenols is 2. The summed E-state index contributed by atoms with van der Waals surface area (Å²) < 4.78 is 0. The lowest BCUT2D eigenvalue weighted by Gasteiger charge is -2.20. The van der Waals surface area contributed by atoms with E-state index in [9.17, 15) is 30.0 Å². The fourth-order valence-corrected chi connectivity index (χ4v) is 3.64. The molecule has 6 nitrogen and oxygen atoms in total. The third-order valence-electron chi connectivity index (χ3n) is 5.43. The maximum atomic E-state index is 11.7. The summed E-state index contributed by atoms with van der Waals surface area (Å²) in [6, 6.07) is 6.45. The molecule has 2 aromatic carbocycles. The summed E-state index contributed by atoms with van der Waals surface area (Å²) in [7, 11) is 0. The fraction of sp³-hybridized carbons (Fsp3) is 0.417. The standard InChI is InChI=1S/C24H30O6/c1-4-6-8-15-10-17(21(25)19(12-15)23(27)28)14(3)18-11-16(9-7-5-2)13-20(22(18)26)24(29)30/h10-14,25-26H,4-9H2,1-3H3,(H,27,28)(H,29,30). The lowest BCUT2D eigenvalue weighted by molar-refractivity contribution is 0.0682. The van der Waals surface area contributed by atoms with Crippen molar-refractivity contribution in [2.75, 3.05) is 0 Å². The van der Waals surface area contributed by atoms with Crippen molar-refractivity contribution < 1.29 is 30.0 Å². The summed E-state index contributed by atoms with van der Waals surface area (Å²) in [5, 5.41) is 40.3. The van der Waals surface area contributed by atoms with Crippen LogP contribution in [0.4, 0.5) is 0 Å². The second kappa shape index (κ2) is 10.1. The molecule has 0 heterocycles. The molecular weight excluding hydrogens is 384 g/mol. The van der Waals surface area contributed by atoms with Gasteiger partial charge >= 0.3 is 11.9 Å². The maximum absolute atomic E-state index is 11.7. The van der Waals surface area contributed by atoms with Gasteiger partial charge in [0.25, 0.3) is 0 Å². The van der Waals surface area contributed by atoms with Gasteiger partial charge in [-0.1, -0.05) is 45.7 Å². The normalized spacial score (nSPS) is 11.1. The minimum atomic E-state index is -1.23. The summed E-state index contributed by atoms with van der Waals surface area (Å²) in [4.78, 5) is 23.3. The van der Waals surface area contributed by atoms with E-state index in [2.05, 4.69) is 0 Å². The van der Waals surface area contributed by atoms with Crippen molar-refractivity contribution >= 4 is 11.9 Å². The summed E-state index contributed by atoms with van der Waals surface area (Å²) in [5.41, 5.74) is 1.92. The molecule has 0 aliphatic heterocycles. The molecule has 30 heavy (non-hydrogen) atoms. The molecule has 0 radical (unpaired) electrons. The van der Waals surface area contributed by atoms with E-state index < -0.39 is 17.9 Å². The third kappa shape index (κ3) is 5.12. The fourth-order valence-electron chi connectivity index (χ4n) is 3.64. The third-order valence-corrected chi connectivity index (χ3v) is 5.43. The molecule has 0 saturated carbocycles. The Morgan fingerprint density at radius 1 is 0.767 bits per heavy atom. The van der Waals surface area contributed by atoms with Crippen molar-refractivity contribution in [1.29, 1.82) is 0 Å². The van der Waals surface area contributed by atoms with E-state index in [1.54, 1.807) is 19.1 Å². The van der Waals surface area contributed by atoms with Crippen LogP contribution in [0.5, 0.6) is 11.5 Å². The maximum Gasteiger partial charge on any atom is 0.339 e. The highest BCUT2D eigenvalue weighted by Crippen LogP contribution is 2.40. The van der Waals surface area contributed by atoms with Crippen LogP contribution >= 0.6 is 0 Å². The molecule has 0 fully saturated rings. The molecule has 0 aliphatic carbocycles. The molecule has 6 heteroatoms. The second-order valence-electron chi connectivity index (χ2n) is 7.70. The van der Waals surface area contributed by atoms with Gasteiger partial charge in [0, 0.05) is 17.0 Å². The van der Waals surface area contributed by atoms with E-state index in [0.717, 1.165) is 36.8 Å². The number of aromatic carboxylic acids is 2. The minimum Gasteiger partial charge on any atom is -0.507 e. The molecule has 0 atom stereocenters. The number of hydrogen-bond donors (Lipinski definition) is 4. The largest absolute Gasteiger partial charge is 0.507 e. The number of hydrogen-bond acceptors (Lipinski definition) is 4. The SMILES string of the molecule is CCCCc1cc(C(=O)O)c(O)c(C(C)c2cc(CCCC)cc(C(=O)O)c2O)c1. The molecule has 0 amide bonds. The molecule has 162 valence electrons. The number of carboxylic acids is 2. The van der Waals surface area contributed by atoms with E-state index in [0.29, 0.717) is 24.0 Å². The Labute approximate surface area is 176 Å². The zero-order chi connectivity index (χ0) is 22.4. The molecule has 4 N–H and O–H groups in total. The van der Waals surface area contributed by atoms with Gasteiger partial charge in [-0.15, -0.1) is 0 Å². The van der Waals surface area contributed by atoms with Gasteiger partial charge in [0.15, 0.2) is 0 Å². The first-order chi connectivity index (χ1) is 14.2. The van der Waals surface area contributed by atoms with Gasteiger partial charge in [0.1, 0.15) is 22.6 Å². The smallest absolute Gasteiger partial charge is 0.339 e. The van der Waals surface area contributed by atoms with Gasteiger partial charge < -0.3 is 20.4 Å². The highest BCUT2D eigenvalue weighted by molar-refractivity contribution is 5.93. The number of carboxylic acid groups (broad SMARTS) is 2. The number of unbranched alkanes of at least 4 members (excludes halogenated alkanes) is 2. The van der Waals surface area contributed by atoms with E-state index in [-0.39, 0.29) is 22.6 Å². The van der Waals surface area contributed by atoms with Crippen molar-refractivity contribution in [3.63, 3.8) is 0 Å². The van der Waals surface area contributed by atoms with Gasteiger partial charge in [-0.3, -0.25) is 0 Å². The van der Waals surface area contributed by atoms with Crippen molar-refractivity contribution in [3.8, 4) is 11.5 Å². The Bertz CT molecular complexity index is 856. The van der Waals surface area contributed by atoms with Crippen LogP contribution in [-0.2, 0) is 12.8 Å². The first-order valence-electron chi connectivity index (χ1n) is 10.4. The van der Waals surface area contributed by atoms with Crippen molar-refractivity contribution in [3.05, 3.63) is 57.6 Å². The number of aryl methyl sites for hydroxylation is 2. The Morgan fingerprint density at radius 2 is 1.13 bits per heavy atom. The Balaban J connectivity index is 2.64. The van der Waals surface area contributed by atoms with Crippen LogP contribution in [0.2, 0.25) is 0 Å². The summed E-state index contributed by atoms with van der Waals surface area (Å²) in [5.74, 6) is -3.77. The predicted molar refractivity (Wildman–Crippen MR) is 115 cm³/mol. The number of carbonyl (C=O) groups is 2. The summed E-state index contributed by atoms with van der Waals surface area (Å²) >= 11 is 0. The van der Waals surface area contributed by atoms with E-state index in [4.69, 9.17) is 0 Å². The highest BCUT2D eigenvalue weighted by Gasteiger charge is 2.25. The molecule has 0 unspecified atom stereocenters. The van der Waals surface area contributed by atoms with Gasteiger partial charge in [0.05, 0.1) is 0 Å². The lowest BCUT2D eigenvalue weighted by Crippen LogP contribution is -2.08. The second-order valence-corrected chi connectivity index (χ2v) is 7.70. The number of aromatic hydroxyl groups is 2. The highest BCUT2D eigenvalue weighted by atomic mass is 16.4. The van der Waals surface area contributed by atoms with Gasteiger partial charge in [-0.05, 0) is 48.9 Å². The zero-order valence-corrected chi connectivity index (χ0v) is 17.7. The Hall–Kier alpha value is -3.02. The van der Waals surface area contributed by atoms with E-state index >= 15 is 0 Å². The van der Waals surface area contributed by atoms with E-state index in [1.807, 2.05) is 13.8 Å². The Morgan fingerprint density at radius 3 is 1.43 bits per heavy atom. The quantitative estimate of drug-likeness (QED) is 0.418. The van der Waals surface area contributed by atoms with Crippen LogP contribution < -0.4 is 0 Å². The van der Waals surface area contributed by atoms with Crippen LogP contribution in [-0.4, -0.2) is 32.4 Å². The first-order valence-corrected chi connectivity index (χ1v) is 10.4. The minimum absolute atomic E-state index is 0.189. The molecular formula is C24H30O6. The predicted octanol–water partition coefficient (Wildman–Crippen LogP) is 5.33. The Kier molecular flexibility index (Phi) is 7.86. The topological polar surface area (TPSA) is 115 Å². The van der Waals surface area contributed by atoms with Crippen molar-refractivity contribution in [2.45, 2.75) is 65.2 Å². The molecule has 0 saturated heterocycles. The average Bonchev–Trinajstić information content (AvgIpc) is 2.71. The van der Waals surface area contributed by atoms with Crippen LogP contribution in [0.15, 0.2) is 24.3 Å². The van der Waals surface area contributed by atoms with Crippen LogP contribution in [0, 0.1) is 0 Å². The van der Waals surface area contributed by atoms with Gasteiger partial charge in [-0.25, -0.2) is 9.59 Å². The monoisotopic (exact) mass is 414 g/mol. The van der Waals surface area contributed by atoms with E-state index in [1.165, 1.54) is 12.1 Å². The zero-order valence-electron chi connectivity index (χ0n) is 17.7. The van der Waals surface area contributed by atoms with Crippen LogP contribution in [0.25, 0.3) is 0 Å². The lowest BCUT2D eigenvalue weighted by atomic mass is 9.86. The average molecular weight is 414 g/mol. The first kappa shape index (κ1) is 23.3. The molecule has 2 rings (SSSR count). The molecule has 0 aromatic heterocycles. The van der Waals surface area contributed by atoms with Gasteiger partial charge in [0.2, 0.25) is 0 Å². The summed E-state index contributed by atoms with van der Waals surface area (Å²) in [6.07, 6.45) is 4.96. The molecule has 0 bridgehead atoms. The van der Waals surface area contributed by atoms with Crippen molar-refractivity contribution in [2.24, 2.45) is 0 Å². The number of benzene rings is 2. The van der Waals surface area contributed by atoms with Crippen molar-refractivity contribution in [1.82, 2.24) is 0 Å². The molecule has 0 aliphatic rings. The molecule has 2 aromatic rings. The van der Waals surface area contributed by atoms with Crippen LogP contribution in [0.3, 0.4) is 0 Å². The van der Waals surface area contributed by atoms with Crippen LogP contribution in [0.1, 0.15) is 95.3 Å². The number of rotatable bonds is 10. The molecule has 0 spiro atoms. The summed E-state index contributed by atoms with van der Waals surface area (Å²) in [6.45, 7) is 5.80. The van der Waals surface area contributed by atoms with Gasteiger partial charge in [-0.2, -0.15) is 0 Å².